The van der Waals surface area contributed by atoms with Crippen molar-refractivity contribution in [3.05, 3.63) is 29.6 Å². The van der Waals surface area contributed by atoms with Gasteiger partial charge in [-0.15, -0.1) is 0 Å². The highest BCUT2D eigenvalue weighted by Crippen LogP contribution is 2.17. The lowest BCUT2D eigenvalue weighted by Crippen LogP contribution is -2.24. The second-order valence-electron chi connectivity index (χ2n) is 3.70. The van der Waals surface area contributed by atoms with Crippen LogP contribution in [0.15, 0.2) is 18.2 Å². The largest absolute Gasteiger partial charge is 0.380 e. The zero-order chi connectivity index (χ0) is 11.4. The summed E-state index contributed by atoms with van der Waals surface area (Å²) in [4.78, 5) is 10.6. The fourth-order valence-corrected chi connectivity index (χ4v) is 1.37. The zero-order valence-electron chi connectivity index (χ0n) is 8.88. The molecule has 0 heterocycles. The van der Waals surface area contributed by atoms with E-state index in [1.54, 1.807) is 19.1 Å². The second kappa shape index (κ2) is 4.77. The Balaban J connectivity index is 2.71. The first-order valence-electron chi connectivity index (χ1n) is 4.80. The van der Waals surface area contributed by atoms with Gasteiger partial charge >= 0.3 is 0 Å². The molecule has 0 bridgehead atoms. The van der Waals surface area contributed by atoms with Crippen LogP contribution in [0.4, 0.5) is 10.1 Å². The number of amides is 1. The van der Waals surface area contributed by atoms with Crippen LogP contribution in [-0.2, 0) is 4.79 Å². The molecule has 1 rings (SSSR count). The van der Waals surface area contributed by atoms with Gasteiger partial charge in [0.25, 0.3) is 0 Å². The normalized spacial score (nSPS) is 12.2. The van der Waals surface area contributed by atoms with Gasteiger partial charge in [-0.05, 0) is 31.5 Å². The first-order valence-corrected chi connectivity index (χ1v) is 4.80. The van der Waals surface area contributed by atoms with Crippen LogP contribution in [0.3, 0.4) is 0 Å². The van der Waals surface area contributed by atoms with E-state index in [4.69, 9.17) is 5.73 Å². The number of anilines is 1. The number of hydrogen-bond donors (Lipinski definition) is 2. The Kier molecular flexibility index (Phi) is 3.66. The fraction of sp³-hybridized carbons (Fsp3) is 0.364. The summed E-state index contributed by atoms with van der Waals surface area (Å²) in [5.41, 5.74) is 6.41. The highest BCUT2D eigenvalue weighted by molar-refractivity contribution is 5.74. The maximum absolute atomic E-state index is 13.3. The average molecular weight is 210 g/mol. The monoisotopic (exact) mass is 210 g/mol. The van der Waals surface area contributed by atoms with Crippen molar-refractivity contribution in [1.82, 2.24) is 0 Å². The minimum atomic E-state index is -0.400. The summed E-state index contributed by atoms with van der Waals surface area (Å²) >= 11 is 0. The van der Waals surface area contributed by atoms with Crippen molar-refractivity contribution in [3.63, 3.8) is 0 Å². The van der Waals surface area contributed by atoms with Gasteiger partial charge in [-0.25, -0.2) is 4.39 Å². The van der Waals surface area contributed by atoms with Gasteiger partial charge in [0.15, 0.2) is 0 Å². The second-order valence-corrected chi connectivity index (χ2v) is 3.70. The zero-order valence-corrected chi connectivity index (χ0v) is 8.88. The molecule has 1 aromatic rings. The van der Waals surface area contributed by atoms with Gasteiger partial charge in [-0.3, -0.25) is 4.79 Å². The number of primary amides is 1. The molecule has 0 saturated carbocycles. The van der Waals surface area contributed by atoms with E-state index >= 15 is 0 Å². The number of rotatable bonds is 4. The van der Waals surface area contributed by atoms with E-state index in [0.29, 0.717) is 5.69 Å². The van der Waals surface area contributed by atoms with E-state index in [1.165, 1.54) is 6.07 Å². The first-order chi connectivity index (χ1) is 6.99. The molecule has 3 nitrogen and oxygen atoms in total. The lowest BCUT2D eigenvalue weighted by molar-refractivity contribution is -0.118. The molecule has 1 aromatic carbocycles. The molecule has 0 fully saturated rings. The van der Waals surface area contributed by atoms with E-state index in [2.05, 4.69) is 5.32 Å². The lowest BCUT2D eigenvalue weighted by atomic mass is 10.1. The first kappa shape index (κ1) is 11.5. The minimum absolute atomic E-state index is 0.168. The van der Waals surface area contributed by atoms with E-state index < -0.39 is 5.91 Å². The number of carbonyl (C=O) groups is 1. The maximum atomic E-state index is 13.3. The van der Waals surface area contributed by atoms with Crippen LogP contribution in [-0.4, -0.2) is 11.9 Å². The summed E-state index contributed by atoms with van der Waals surface area (Å²) in [6.45, 7) is 3.66. The van der Waals surface area contributed by atoms with Crippen molar-refractivity contribution in [2.24, 2.45) is 5.73 Å². The molecule has 0 aliphatic heterocycles. The number of nitrogens with one attached hydrogen (secondary N) is 1. The Morgan fingerprint density at radius 3 is 2.87 bits per heavy atom. The van der Waals surface area contributed by atoms with Crippen LogP contribution >= 0.6 is 0 Å². The van der Waals surface area contributed by atoms with Crippen molar-refractivity contribution < 1.29 is 9.18 Å². The predicted octanol–water partition coefficient (Wildman–Crippen LogP) is 1.81. The molecule has 0 spiro atoms. The Bertz CT molecular complexity index is 366. The van der Waals surface area contributed by atoms with Gasteiger partial charge in [-0.1, -0.05) is 6.07 Å². The molecule has 0 aliphatic carbocycles. The lowest BCUT2D eigenvalue weighted by Gasteiger charge is -2.14. The highest BCUT2D eigenvalue weighted by Gasteiger charge is 2.08. The van der Waals surface area contributed by atoms with Crippen LogP contribution in [0.2, 0.25) is 0 Å². The van der Waals surface area contributed by atoms with E-state index in [0.717, 1.165) is 5.56 Å². The Labute approximate surface area is 88.5 Å². The molecule has 0 saturated heterocycles. The van der Waals surface area contributed by atoms with E-state index in [1.807, 2.05) is 6.92 Å². The molecule has 1 amide bonds. The standard InChI is InChI=1S/C11H15FN2O/c1-7-3-4-9(12)10(5-7)14-8(2)6-11(13)15/h3-5,8,14H,6H2,1-2H3,(H2,13,15). The van der Waals surface area contributed by atoms with E-state index in [-0.39, 0.29) is 18.3 Å². The number of hydrogen-bond acceptors (Lipinski definition) is 2. The van der Waals surface area contributed by atoms with Crippen LogP contribution in [0, 0.1) is 12.7 Å². The number of benzene rings is 1. The molecule has 1 unspecified atom stereocenters. The Hall–Kier alpha value is -1.58. The van der Waals surface area contributed by atoms with Gasteiger partial charge in [0, 0.05) is 12.5 Å². The quantitative estimate of drug-likeness (QED) is 0.796. The summed E-state index contributed by atoms with van der Waals surface area (Å²) in [5, 5.41) is 2.91. The third-order valence-corrected chi connectivity index (χ3v) is 2.03. The summed E-state index contributed by atoms with van der Waals surface area (Å²) in [5.74, 6) is -0.722. The molecular formula is C11H15FN2O. The summed E-state index contributed by atoms with van der Waals surface area (Å²) in [7, 11) is 0. The molecular weight excluding hydrogens is 195 g/mol. The van der Waals surface area contributed by atoms with Crippen molar-refractivity contribution >= 4 is 11.6 Å². The topological polar surface area (TPSA) is 55.1 Å². The minimum Gasteiger partial charge on any atom is -0.380 e. The molecule has 82 valence electrons. The van der Waals surface area contributed by atoms with Crippen LogP contribution < -0.4 is 11.1 Å². The molecule has 0 radical (unpaired) electrons. The summed E-state index contributed by atoms with van der Waals surface area (Å²) in [6, 6.07) is 4.62. The van der Waals surface area contributed by atoms with Gasteiger partial charge in [0.2, 0.25) is 5.91 Å². The molecule has 3 N–H and O–H groups in total. The third-order valence-electron chi connectivity index (χ3n) is 2.03. The maximum Gasteiger partial charge on any atom is 0.219 e. The molecule has 4 heteroatoms. The van der Waals surface area contributed by atoms with Crippen molar-refractivity contribution in [3.8, 4) is 0 Å². The molecule has 0 aliphatic rings. The van der Waals surface area contributed by atoms with Crippen LogP contribution in [0.25, 0.3) is 0 Å². The van der Waals surface area contributed by atoms with Crippen molar-refractivity contribution in [1.29, 1.82) is 0 Å². The predicted molar refractivity (Wildman–Crippen MR) is 58.0 cm³/mol. The smallest absolute Gasteiger partial charge is 0.219 e. The highest BCUT2D eigenvalue weighted by atomic mass is 19.1. The fourth-order valence-electron chi connectivity index (χ4n) is 1.37. The van der Waals surface area contributed by atoms with Gasteiger partial charge in [0.1, 0.15) is 5.82 Å². The van der Waals surface area contributed by atoms with Gasteiger partial charge in [0.05, 0.1) is 5.69 Å². The molecule has 0 aromatic heterocycles. The Morgan fingerprint density at radius 1 is 1.60 bits per heavy atom. The molecule has 1 atom stereocenters. The number of carbonyl (C=O) groups excluding carboxylic acids is 1. The summed E-state index contributed by atoms with van der Waals surface area (Å²) < 4.78 is 13.3. The number of aryl methyl sites for hydroxylation is 1. The van der Waals surface area contributed by atoms with E-state index in [9.17, 15) is 9.18 Å². The third kappa shape index (κ3) is 3.58. The number of halogens is 1. The van der Waals surface area contributed by atoms with Crippen LogP contribution in [0.1, 0.15) is 18.9 Å². The van der Waals surface area contributed by atoms with Crippen molar-refractivity contribution in [2.45, 2.75) is 26.3 Å². The summed E-state index contributed by atoms with van der Waals surface area (Å²) in [6.07, 6.45) is 0.188. The Morgan fingerprint density at radius 2 is 2.27 bits per heavy atom. The SMILES string of the molecule is Cc1ccc(F)c(NC(C)CC(N)=O)c1. The van der Waals surface area contributed by atoms with Crippen molar-refractivity contribution in [2.75, 3.05) is 5.32 Å². The average Bonchev–Trinajstić information content (AvgIpc) is 2.10. The number of nitrogens with two attached hydrogens (primary N) is 1. The molecule has 15 heavy (non-hydrogen) atoms. The van der Waals surface area contributed by atoms with Gasteiger partial charge in [-0.2, -0.15) is 0 Å². The van der Waals surface area contributed by atoms with Crippen LogP contribution in [0.5, 0.6) is 0 Å². The van der Waals surface area contributed by atoms with Gasteiger partial charge < -0.3 is 11.1 Å².